The second kappa shape index (κ2) is 24.1. The van der Waals surface area contributed by atoms with E-state index in [0.29, 0.717) is 31.0 Å². The summed E-state index contributed by atoms with van der Waals surface area (Å²) in [5.41, 5.74) is -0.503. The summed E-state index contributed by atoms with van der Waals surface area (Å²) >= 11 is 0. The summed E-state index contributed by atoms with van der Waals surface area (Å²) in [7, 11) is 5.89. The molecule has 0 bridgehead atoms. The molecule has 0 radical (unpaired) electrons. The zero-order valence-electron chi connectivity index (χ0n) is 44.0. The third kappa shape index (κ3) is 13.1. The first-order valence-corrected chi connectivity index (χ1v) is 25.5. The molecule has 3 aromatic rings. The van der Waals surface area contributed by atoms with Gasteiger partial charge < -0.3 is 43.1 Å². The van der Waals surface area contributed by atoms with Crippen LogP contribution >= 0.6 is 0 Å². The second-order valence-corrected chi connectivity index (χ2v) is 20.8. The maximum atomic E-state index is 15.1. The van der Waals surface area contributed by atoms with E-state index in [1.807, 2.05) is 88.3 Å². The van der Waals surface area contributed by atoms with E-state index in [-0.39, 0.29) is 31.0 Å². The number of aromatic nitrogens is 1. The fourth-order valence-corrected chi connectivity index (χ4v) is 10.6. The molecule has 4 heterocycles. The first kappa shape index (κ1) is 55.3. The van der Waals surface area contributed by atoms with Crippen molar-refractivity contribution in [2.24, 2.45) is 17.8 Å². The van der Waals surface area contributed by atoms with Crippen LogP contribution in [0.1, 0.15) is 117 Å². The zero-order chi connectivity index (χ0) is 51.8. The van der Waals surface area contributed by atoms with Gasteiger partial charge in [-0.3, -0.25) is 19.4 Å². The molecule has 1 aromatic heterocycles. The number of hydrogen-bond acceptors (Lipinski definition) is 14. The average molecular weight is 983 g/mol. The van der Waals surface area contributed by atoms with Gasteiger partial charge in [-0.2, -0.15) is 0 Å². The monoisotopic (exact) mass is 983 g/mol. The maximum Gasteiger partial charge on any atom is 0.410 e. The second-order valence-electron chi connectivity index (χ2n) is 20.8. The minimum absolute atomic E-state index is 0.0447. The number of cyclic esters (lactones) is 1. The van der Waals surface area contributed by atoms with Crippen molar-refractivity contribution in [3.8, 4) is 0 Å². The standard InChI is InChI=1S/C56H78N4O11/c1-13-47(56(9)40(7)60(54(65)71-56)29-27-44-25-19-28-59(44)12)68-51(63)38(5)48(62)37(4)50(70-53-49(46(58(10)11)31-36(3)67-53)69-52(64)42-22-15-14-16-23-42)55(8,33-35(2)39(6)61)66-30-20-21-41-32-43-24-17-18-26-45(43)57-34-41/h14-18,20-24,26,32,34-38,40,44,46-47,49-50,53H,13,19,25,27-31,33H2,1-12H3/b21-20+/t35-,36-,37+,38-,40-,44?,46+,47-,49-,50-,53+,55?,56+/m1/s1. The summed E-state index contributed by atoms with van der Waals surface area (Å²) in [6.07, 6.45) is 4.41. The smallest absolute Gasteiger partial charge is 0.410 e. The highest BCUT2D eigenvalue weighted by atomic mass is 16.7. The minimum Gasteiger partial charge on any atom is -0.458 e. The van der Waals surface area contributed by atoms with Crippen molar-refractivity contribution in [3.63, 3.8) is 0 Å². The molecule has 2 aromatic carbocycles. The number of ketones is 2. The fraction of sp³-hybridized carbons (Fsp3) is 0.607. The van der Waals surface area contributed by atoms with Gasteiger partial charge in [0, 0.05) is 36.0 Å². The molecule has 1 amide bonds. The van der Waals surface area contributed by atoms with Crippen molar-refractivity contribution in [3.05, 3.63) is 84.1 Å². The number of benzene rings is 2. The third-order valence-corrected chi connectivity index (χ3v) is 15.4. The topological polar surface area (TPSA) is 163 Å². The van der Waals surface area contributed by atoms with E-state index in [1.165, 1.54) is 13.8 Å². The molecule has 3 aliphatic heterocycles. The maximum absolute atomic E-state index is 15.1. The molecule has 0 aliphatic carbocycles. The number of likely N-dealkylation sites (tertiary alicyclic amines) is 1. The van der Waals surface area contributed by atoms with E-state index in [4.69, 9.17) is 28.4 Å². The summed E-state index contributed by atoms with van der Waals surface area (Å²) in [4.78, 5) is 80.3. The molecule has 0 spiro atoms. The number of rotatable bonds is 23. The van der Waals surface area contributed by atoms with Crippen LogP contribution in [-0.4, -0.2) is 150 Å². The number of likely N-dealkylation sites (N-methyl/N-ethyl adjacent to an activating group) is 1. The molecule has 15 nitrogen and oxygen atoms in total. The van der Waals surface area contributed by atoms with Crippen molar-refractivity contribution in [1.29, 1.82) is 0 Å². The quantitative estimate of drug-likeness (QED) is 0.0504. The largest absolute Gasteiger partial charge is 0.458 e. The number of fused-ring (bicyclic) bond motifs is 1. The summed E-state index contributed by atoms with van der Waals surface area (Å²) in [6.45, 7) is 17.3. The Hall–Kier alpha value is -5.06. The molecule has 0 N–H and O–H groups in total. The van der Waals surface area contributed by atoms with Crippen LogP contribution in [0.4, 0.5) is 4.79 Å². The Kier molecular flexibility index (Phi) is 18.8. The van der Waals surface area contributed by atoms with E-state index in [1.54, 1.807) is 63.1 Å². The van der Waals surface area contributed by atoms with Gasteiger partial charge in [-0.25, -0.2) is 9.59 Å². The number of carbonyl (C=O) groups is 5. The number of esters is 2. The van der Waals surface area contributed by atoms with Crippen LogP contribution < -0.4 is 0 Å². The van der Waals surface area contributed by atoms with Gasteiger partial charge in [0.2, 0.25) is 0 Å². The SMILES string of the molecule is CC[C@@H](OC(=O)[C@H](C)C(=O)[C@H](C)[C@@H](O[C@@H]1O[C@H](C)C[C@H](N(C)C)[C@H]1OC(=O)c1ccccc1)C(C)(C[C@@H](C)C(C)=O)OC/C=C/c1cnc2ccccc2c1)[C@@]1(C)OC(=O)N(CCC2CCCN2C)[C@@H]1C. The Bertz CT molecular complexity index is 2350. The van der Waals surface area contributed by atoms with Gasteiger partial charge in [0.1, 0.15) is 17.8 Å². The molecule has 3 saturated heterocycles. The van der Waals surface area contributed by atoms with Gasteiger partial charge in [-0.1, -0.05) is 69.3 Å². The van der Waals surface area contributed by atoms with Crippen LogP contribution in [0.2, 0.25) is 0 Å². The van der Waals surface area contributed by atoms with Crippen LogP contribution in [0.5, 0.6) is 0 Å². The summed E-state index contributed by atoms with van der Waals surface area (Å²) < 4.78 is 39.0. The average Bonchev–Trinajstić information content (AvgIpc) is 3.86. The van der Waals surface area contributed by atoms with Gasteiger partial charge in [0.25, 0.3) is 0 Å². The summed E-state index contributed by atoms with van der Waals surface area (Å²) in [5, 5.41) is 0.979. The van der Waals surface area contributed by atoms with Crippen LogP contribution in [-0.2, 0) is 42.8 Å². The molecular formula is C56H78N4O11. The first-order valence-electron chi connectivity index (χ1n) is 25.5. The number of hydrogen-bond donors (Lipinski definition) is 0. The number of amides is 1. The Morgan fingerprint density at radius 1 is 1.04 bits per heavy atom. The molecular weight excluding hydrogens is 905 g/mol. The number of pyridine rings is 1. The number of Topliss-reactive ketones (excluding diaryl/α,β-unsaturated/α-hetero) is 2. The highest BCUT2D eigenvalue weighted by Crippen LogP contribution is 2.40. The van der Waals surface area contributed by atoms with Crippen molar-refractivity contribution < 1.29 is 52.4 Å². The molecule has 6 rings (SSSR count). The predicted molar refractivity (Wildman–Crippen MR) is 271 cm³/mol. The lowest BCUT2D eigenvalue weighted by molar-refractivity contribution is -0.296. The van der Waals surface area contributed by atoms with Crippen LogP contribution in [0.3, 0.4) is 0 Å². The molecule has 3 aliphatic rings. The lowest BCUT2D eigenvalue weighted by Gasteiger charge is -2.47. The van der Waals surface area contributed by atoms with E-state index in [0.717, 1.165) is 42.3 Å². The predicted octanol–water partition coefficient (Wildman–Crippen LogP) is 8.56. The van der Waals surface area contributed by atoms with Gasteiger partial charge in [0.15, 0.2) is 23.8 Å². The van der Waals surface area contributed by atoms with Gasteiger partial charge in [0.05, 0.1) is 47.6 Å². The molecule has 0 saturated carbocycles. The Morgan fingerprint density at radius 3 is 2.41 bits per heavy atom. The third-order valence-electron chi connectivity index (χ3n) is 15.4. The van der Waals surface area contributed by atoms with Crippen LogP contribution in [0.25, 0.3) is 17.0 Å². The van der Waals surface area contributed by atoms with Crippen LogP contribution in [0, 0.1) is 17.8 Å². The zero-order valence-corrected chi connectivity index (χ0v) is 44.0. The van der Waals surface area contributed by atoms with E-state index < -0.39 is 83.4 Å². The molecule has 2 unspecified atom stereocenters. The number of nitrogens with zero attached hydrogens (tertiary/aromatic N) is 4. The lowest BCUT2D eigenvalue weighted by atomic mass is 9.78. The van der Waals surface area contributed by atoms with Gasteiger partial charge in [-0.05, 0) is 138 Å². The van der Waals surface area contributed by atoms with E-state index in [9.17, 15) is 19.2 Å². The summed E-state index contributed by atoms with van der Waals surface area (Å²) in [5.74, 6) is -4.89. The number of carbonyl (C=O) groups excluding carboxylic acids is 5. The highest BCUT2D eigenvalue weighted by Gasteiger charge is 2.55. The van der Waals surface area contributed by atoms with E-state index >= 15 is 4.79 Å². The minimum atomic E-state index is -1.38. The molecule has 15 heteroatoms. The highest BCUT2D eigenvalue weighted by molar-refractivity contribution is 6.00. The van der Waals surface area contributed by atoms with Gasteiger partial charge >= 0.3 is 18.0 Å². The summed E-state index contributed by atoms with van der Waals surface area (Å²) in [6, 6.07) is 18.1. The van der Waals surface area contributed by atoms with Crippen molar-refractivity contribution in [2.75, 3.05) is 40.8 Å². The van der Waals surface area contributed by atoms with Crippen molar-refractivity contribution in [1.82, 2.24) is 19.7 Å². The van der Waals surface area contributed by atoms with Crippen molar-refractivity contribution >= 4 is 46.6 Å². The number of para-hydroxylation sites is 1. The Labute approximate surface area is 420 Å². The van der Waals surface area contributed by atoms with Crippen molar-refractivity contribution in [2.45, 2.75) is 161 Å². The van der Waals surface area contributed by atoms with E-state index in [2.05, 4.69) is 16.9 Å². The molecule has 3 fully saturated rings. The first-order chi connectivity index (χ1) is 33.7. The normalized spacial score (nSPS) is 26.9. The van der Waals surface area contributed by atoms with Crippen LogP contribution in [0.15, 0.2) is 72.9 Å². The Balaban J connectivity index is 1.30. The lowest BCUT2D eigenvalue weighted by Crippen LogP contribution is -2.60. The molecule has 388 valence electrons. The molecule has 13 atom stereocenters. The molecule has 71 heavy (non-hydrogen) atoms. The number of ether oxygens (including phenoxy) is 6. The Morgan fingerprint density at radius 2 is 1.75 bits per heavy atom. The fourth-order valence-electron chi connectivity index (χ4n) is 10.6. The van der Waals surface area contributed by atoms with Gasteiger partial charge in [-0.15, -0.1) is 0 Å².